The van der Waals surface area contributed by atoms with E-state index in [-0.39, 0.29) is 17.7 Å². The lowest BCUT2D eigenvalue weighted by molar-refractivity contribution is -0.123. The van der Waals surface area contributed by atoms with Crippen molar-refractivity contribution in [2.24, 2.45) is 0 Å². The second-order valence-corrected chi connectivity index (χ2v) is 9.87. The van der Waals surface area contributed by atoms with Crippen LogP contribution in [0.3, 0.4) is 0 Å². The van der Waals surface area contributed by atoms with E-state index in [0.717, 1.165) is 33.7 Å². The van der Waals surface area contributed by atoms with Crippen molar-refractivity contribution in [2.45, 2.75) is 13.2 Å². The van der Waals surface area contributed by atoms with Gasteiger partial charge in [0.25, 0.3) is 11.1 Å². The molecular weight excluding hydrogens is 501 g/mol. The van der Waals surface area contributed by atoms with E-state index in [2.05, 4.69) is 0 Å². The second kappa shape index (κ2) is 10.2. The summed E-state index contributed by atoms with van der Waals surface area (Å²) < 4.78 is 5.99. The van der Waals surface area contributed by atoms with Crippen LogP contribution in [-0.4, -0.2) is 16.0 Å². The summed E-state index contributed by atoms with van der Waals surface area (Å²) in [7, 11) is 0. The summed E-state index contributed by atoms with van der Waals surface area (Å²) in [4.78, 5) is 27.4. The molecule has 4 nitrogen and oxygen atoms in total. The van der Waals surface area contributed by atoms with Crippen LogP contribution in [0.1, 0.15) is 16.7 Å². The smallest absolute Gasteiger partial charge is 0.293 e. The molecular formula is C28H19Cl2NO3S. The molecule has 0 N–H and O–H groups in total. The van der Waals surface area contributed by atoms with Crippen molar-refractivity contribution in [3.8, 4) is 5.75 Å². The van der Waals surface area contributed by atoms with Crippen LogP contribution in [0.15, 0.2) is 89.8 Å². The van der Waals surface area contributed by atoms with Crippen LogP contribution in [0.25, 0.3) is 16.8 Å². The van der Waals surface area contributed by atoms with Crippen LogP contribution in [-0.2, 0) is 17.9 Å². The molecule has 1 heterocycles. The van der Waals surface area contributed by atoms with Gasteiger partial charge in [-0.3, -0.25) is 14.5 Å². The van der Waals surface area contributed by atoms with Gasteiger partial charge < -0.3 is 4.74 Å². The Bertz CT molecular complexity index is 1470. The molecule has 174 valence electrons. The Morgan fingerprint density at radius 2 is 1.57 bits per heavy atom. The van der Waals surface area contributed by atoms with Gasteiger partial charge in [-0.25, -0.2) is 0 Å². The number of fused-ring (bicyclic) bond motifs is 1. The third-order valence-electron chi connectivity index (χ3n) is 5.58. The maximum absolute atomic E-state index is 13.2. The third kappa shape index (κ3) is 5.22. The summed E-state index contributed by atoms with van der Waals surface area (Å²) in [6, 6.07) is 26.8. The number of hydrogen-bond donors (Lipinski definition) is 0. The van der Waals surface area contributed by atoms with Crippen LogP contribution in [0, 0.1) is 0 Å². The Hall–Kier alpha value is -3.25. The van der Waals surface area contributed by atoms with Crippen molar-refractivity contribution < 1.29 is 14.3 Å². The lowest BCUT2D eigenvalue weighted by atomic mass is 10.1. The zero-order valence-corrected chi connectivity index (χ0v) is 20.7. The van der Waals surface area contributed by atoms with E-state index in [4.69, 9.17) is 27.9 Å². The summed E-state index contributed by atoms with van der Waals surface area (Å²) in [5.74, 6) is 0.0412. The first-order chi connectivity index (χ1) is 17.0. The lowest BCUT2D eigenvalue weighted by Crippen LogP contribution is -2.27. The van der Waals surface area contributed by atoms with Crippen LogP contribution >= 0.6 is 35.0 Å². The Morgan fingerprint density at radius 1 is 0.829 bits per heavy atom. The number of benzene rings is 4. The van der Waals surface area contributed by atoms with Gasteiger partial charge >= 0.3 is 0 Å². The van der Waals surface area contributed by atoms with Gasteiger partial charge in [0.1, 0.15) is 12.4 Å². The van der Waals surface area contributed by atoms with Gasteiger partial charge in [-0.15, -0.1) is 0 Å². The van der Waals surface area contributed by atoms with E-state index in [9.17, 15) is 9.59 Å². The van der Waals surface area contributed by atoms with Crippen molar-refractivity contribution in [1.82, 2.24) is 4.90 Å². The highest BCUT2D eigenvalue weighted by Crippen LogP contribution is 2.39. The van der Waals surface area contributed by atoms with E-state index >= 15 is 0 Å². The summed E-state index contributed by atoms with van der Waals surface area (Å²) in [5, 5.41) is 2.57. The quantitative estimate of drug-likeness (QED) is 0.242. The lowest BCUT2D eigenvalue weighted by Gasteiger charge is -2.14. The van der Waals surface area contributed by atoms with Crippen molar-refractivity contribution in [1.29, 1.82) is 0 Å². The molecule has 5 rings (SSSR count). The van der Waals surface area contributed by atoms with E-state index in [1.807, 2.05) is 72.8 Å². The molecule has 0 saturated carbocycles. The maximum Gasteiger partial charge on any atom is 0.293 e. The SMILES string of the molecule is O=C1S/C(=C\c2cc(Cl)cc(Cl)c2OCc2ccccc2)C(=O)N1Cc1ccc2ccccc2c1. The van der Waals surface area contributed by atoms with Gasteiger partial charge in [-0.1, -0.05) is 89.9 Å². The first-order valence-corrected chi connectivity index (χ1v) is 12.4. The maximum atomic E-state index is 13.2. The highest BCUT2D eigenvalue weighted by Gasteiger charge is 2.35. The third-order valence-corrected chi connectivity index (χ3v) is 6.98. The highest BCUT2D eigenvalue weighted by atomic mass is 35.5. The highest BCUT2D eigenvalue weighted by molar-refractivity contribution is 8.18. The fraction of sp³-hybridized carbons (Fsp3) is 0.0714. The molecule has 1 aliphatic rings. The molecule has 0 radical (unpaired) electrons. The number of thioether (sulfide) groups is 1. The topological polar surface area (TPSA) is 46.6 Å². The molecule has 0 aliphatic carbocycles. The molecule has 1 fully saturated rings. The number of imide groups is 1. The van der Waals surface area contributed by atoms with Crippen molar-refractivity contribution >= 4 is 63.0 Å². The Balaban J connectivity index is 1.40. The van der Waals surface area contributed by atoms with E-state index in [1.54, 1.807) is 18.2 Å². The minimum absolute atomic E-state index is 0.195. The number of amides is 2. The molecule has 1 saturated heterocycles. The second-order valence-electron chi connectivity index (χ2n) is 8.03. The summed E-state index contributed by atoms with van der Waals surface area (Å²) in [6.45, 7) is 0.493. The number of hydrogen-bond acceptors (Lipinski definition) is 4. The van der Waals surface area contributed by atoms with E-state index < -0.39 is 0 Å². The van der Waals surface area contributed by atoms with Gasteiger partial charge in [-0.05, 0) is 57.9 Å². The van der Waals surface area contributed by atoms with Crippen LogP contribution in [0.4, 0.5) is 4.79 Å². The fourth-order valence-electron chi connectivity index (χ4n) is 3.87. The monoisotopic (exact) mass is 519 g/mol. The minimum Gasteiger partial charge on any atom is -0.487 e. The number of ether oxygens (including phenoxy) is 1. The normalized spacial score (nSPS) is 14.8. The number of halogens is 2. The van der Waals surface area contributed by atoms with E-state index in [0.29, 0.717) is 32.9 Å². The minimum atomic E-state index is -0.363. The standard InChI is InChI=1S/C28H19Cl2NO3S/c29-23-13-22(26(24(30)15-23)34-17-18-6-2-1-3-7-18)14-25-27(32)31(28(33)35-25)16-19-10-11-20-8-4-5-9-21(20)12-19/h1-15H,16-17H2/b25-14-. The number of nitrogens with zero attached hydrogens (tertiary/aromatic N) is 1. The van der Waals surface area contributed by atoms with E-state index in [1.165, 1.54) is 4.90 Å². The van der Waals surface area contributed by atoms with Gasteiger partial charge in [0.15, 0.2) is 0 Å². The summed E-state index contributed by atoms with van der Waals surface area (Å²) in [6.07, 6.45) is 1.61. The molecule has 1 aliphatic heterocycles. The van der Waals surface area contributed by atoms with Crippen LogP contribution in [0.2, 0.25) is 10.0 Å². The summed E-state index contributed by atoms with van der Waals surface area (Å²) in [5.41, 5.74) is 2.39. The molecule has 0 unspecified atom stereocenters. The predicted octanol–water partition coefficient (Wildman–Crippen LogP) is 7.96. The number of rotatable bonds is 6. The first-order valence-electron chi connectivity index (χ1n) is 10.9. The van der Waals surface area contributed by atoms with Gasteiger partial charge in [0.2, 0.25) is 0 Å². The molecule has 0 atom stereocenters. The average Bonchev–Trinajstić information content (AvgIpc) is 3.11. The van der Waals surface area contributed by atoms with Gasteiger partial charge in [-0.2, -0.15) is 0 Å². The first kappa shape index (κ1) is 23.5. The molecule has 4 aromatic carbocycles. The van der Waals surface area contributed by atoms with Gasteiger partial charge in [0.05, 0.1) is 16.5 Å². The average molecular weight is 520 g/mol. The van der Waals surface area contributed by atoms with Gasteiger partial charge in [0, 0.05) is 10.6 Å². The molecule has 0 spiro atoms. The molecule has 0 aromatic heterocycles. The van der Waals surface area contributed by atoms with Crippen LogP contribution in [0.5, 0.6) is 5.75 Å². The molecule has 4 aromatic rings. The largest absolute Gasteiger partial charge is 0.487 e. The van der Waals surface area contributed by atoms with Crippen LogP contribution < -0.4 is 4.74 Å². The molecule has 0 bridgehead atoms. The zero-order valence-electron chi connectivity index (χ0n) is 18.4. The predicted molar refractivity (Wildman–Crippen MR) is 143 cm³/mol. The van der Waals surface area contributed by atoms with Crippen molar-refractivity contribution in [3.05, 3.63) is 117 Å². The molecule has 7 heteroatoms. The zero-order chi connectivity index (χ0) is 24.4. The summed E-state index contributed by atoms with van der Waals surface area (Å²) >= 11 is 13.6. The molecule has 35 heavy (non-hydrogen) atoms. The Kier molecular flexibility index (Phi) is 6.82. The Labute approximate surface area is 217 Å². The number of carbonyl (C=O) groups is 2. The Morgan fingerprint density at radius 3 is 2.37 bits per heavy atom. The van der Waals surface area contributed by atoms with Crippen molar-refractivity contribution in [3.63, 3.8) is 0 Å². The molecule has 2 amide bonds. The van der Waals surface area contributed by atoms with Crippen molar-refractivity contribution in [2.75, 3.05) is 0 Å². The fourth-order valence-corrected chi connectivity index (χ4v) is 5.26. The number of carbonyl (C=O) groups excluding carboxylic acids is 2.